The van der Waals surface area contributed by atoms with E-state index in [1.165, 1.54) is 45.9 Å². The number of amides is 3. The molecule has 0 radical (unpaired) electrons. The Morgan fingerprint density at radius 1 is 1.04 bits per heavy atom. The summed E-state index contributed by atoms with van der Waals surface area (Å²) in [4.78, 5) is 53.4. The number of nitrogens with one attached hydrogen (secondary N) is 2. The number of ether oxygens (including phenoxy) is 2. The molecule has 1 unspecified atom stereocenters. The number of piperazine rings is 1. The van der Waals surface area contributed by atoms with Crippen molar-refractivity contribution in [3.63, 3.8) is 0 Å². The Hall–Kier alpha value is -4.93. The van der Waals surface area contributed by atoms with Crippen molar-refractivity contribution in [2.75, 3.05) is 38.0 Å². The van der Waals surface area contributed by atoms with Crippen LogP contribution in [0.15, 0.2) is 53.6 Å². The number of nitrogens with zero attached hydrogens (tertiary/aromatic N) is 6. The number of rotatable bonds is 13. The summed E-state index contributed by atoms with van der Waals surface area (Å²) in [6, 6.07) is 8.70. The van der Waals surface area contributed by atoms with Gasteiger partial charge in [0.2, 0.25) is 5.91 Å². The average molecular weight is 691 g/mol. The highest BCUT2D eigenvalue weighted by atomic mass is 19.3. The standard InChI is InChI=1S/C32H41F3N8O6/c1-31(2,3)49-30(47)42-14-12-40(13-15-42)21-27(44)37-24-9-11-41(28(45)17-24)10-8-23(33)19-43-20-26(38-39-43)29(46)36-18-22-6-5-7-25(16-22)48-32(4,34)35/h5-7,9,11,16-17,20,23H,8,10,12-15,18-19,21H2,1-4H3,(H,36,46)(H,37,44). The number of pyridine rings is 1. The molecule has 4 rings (SSSR count). The molecule has 1 saturated heterocycles. The van der Waals surface area contributed by atoms with Gasteiger partial charge in [-0.15, -0.1) is 5.10 Å². The molecular formula is C32H41F3N8O6. The van der Waals surface area contributed by atoms with Crippen LogP contribution in [0, 0.1) is 0 Å². The minimum atomic E-state index is -3.35. The van der Waals surface area contributed by atoms with E-state index in [4.69, 9.17) is 4.74 Å². The van der Waals surface area contributed by atoms with E-state index in [-0.39, 0.29) is 56.0 Å². The summed E-state index contributed by atoms with van der Waals surface area (Å²) in [7, 11) is 0. The quantitative estimate of drug-likeness (QED) is 0.275. The SMILES string of the molecule is CC(C)(C)OC(=O)N1CCN(CC(=O)Nc2ccn(CCC(F)Cn3cc(C(=O)NCc4cccc(OC(C)(F)F)c4)nn3)c(=O)c2)CC1. The third-order valence-electron chi connectivity index (χ3n) is 7.16. The van der Waals surface area contributed by atoms with E-state index >= 15 is 0 Å². The fourth-order valence-corrected chi connectivity index (χ4v) is 4.85. The fourth-order valence-electron chi connectivity index (χ4n) is 4.85. The van der Waals surface area contributed by atoms with Crippen molar-refractivity contribution in [3.8, 4) is 5.75 Å². The largest absolute Gasteiger partial charge is 0.444 e. The van der Waals surface area contributed by atoms with Gasteiger partial charge in [-0.05, 0) is 51.0 Å². The lowest BCUT2D eigenvalue weighted by atomic mass is 10.2. The first-order chi connectivity index (χ1) is 23.0. The van der Waals surface area contributed by atoms with Crippen LogP contribution < -0.4 is 20.9 Å². The Morgan fingerprint density at radius 2 is 1.78 bits per heavy atom. The summed E-state index contributed by atoms with van der Waals surface area (Å²) in [6.07, 6.45) is -2.43. The molecule has 0 spiro atoms. The molecule has 2 N–H and O–H groups in total. The molecule has 1 aromatic carbocycles. The van der Waals surface area contributed by atoms with E-state index in [1.807, 2.05) is 4.90 Å². The van der Waals surface area contributed by atoms with Gasteiger partial charge >= 0.3 is 12.2 Å². The predicted molar refractivity (Wildman–Crippen MR) is 172 cm³/mol. The molecule has 49 heavy (non-hydrogen) atoms. The van der Waals surface area contributed by atoms with Gasteiger partial charge in [-0.25, -0.2) is 13.9 Å². The highest BCUT2D eigenvalue weighted by Gasteiger charge is 2.27. The molecule has 0 bridgehead atoms. The summed E-state index contributed by atoms with van der Waals surface area (Å²) in [5.41, 5.74) is -0.235. The fraction of sp³-hybridized carbons (Fsp3) is 0.500. The first kappa shape index (κ1) is 36.9. The van der Waals surface area contributed by atoms with E-state index in [0.29, 0.717) is 44.4 Å². The van der Waals surface area contributed by atoms with Gasteiger partial charge in [-0.2, -0.15) is 8.78 Å². The number of aryl methyl sites for hydroxylation is 1. The highest BCUT2D eigenvalue weighted by Crippen LogP contribution is 2.22. The van der Waals surface area contributed by atoms with E-state index in [2.05, 4.69) is 25.7 Å². The molecule has 3 aromatic rings. The normalized spacial score (nSPS) is 14.6. The summed E-state index contributed by atoms with van der Waals surface area (Å²) in [5.74, 6) is -0.951. The monoisotopic (exact) mass is 690 g/mol. The molecule has 1 atom stereocenters. The van der Waals surface area contributed by atoms with Crippen LogP contribution in [0.3, 0.4) is 0 Å². The van der Waals surface area contributed by atoms with Gasteiger partial charge in [0.25, 0.3) is 11.5 Å². The van der Waals surface area contributed by atoms with Crippen molar-refractivity contribution in [1.29, 1.82) is 0 Å². The van der Waals surface area contributed by atoms with Crippen molar-refractivity contribution in [2.24, 2.45) is 0 Å². The second-order valence-electron chi connectivity index (χ2n) is 12.7. The second kappa shape index (κ2) is 16.0. The van der Waals surface area contributed by atoms with Gasteiger partial charge in [-0.3, -0.25) is 19.3 Å². The van der Waals surface area contributed by atoms with Crippen LogP contribution in [-0.4, -0.2) is 97.9 Å². The number of hydrogen-bond donors (Lipinski definition) is 2. The van der Waals surface area contributed by atoms with Crippen LogP contribution in [-0.2, 0) is 29.2 Å². The van der Waals surface area contributed by atoms with Gasteiger partial charge in [0.05, 0.1) is 19.3 Å². The van der Waals surface area contributed by atoms with Crippen molar-refractivity contribution in [2.45, 2.75) is 71.6 Å². The minimum Gasteiger partial charge on any atom is -0.444 e. The molecule has 14 nitrogen and oxygen atoms in total. The van der Waals surface area contributed by atoms with E-state index in [1.54, 1.807) is 37.8 Å². The summed E-state index contributed by atoms with van der Waals surface area (Å²) < 4.78 is 53.4. The zero-order valence-electron chi connectivity index (χ0n) is 27.8. The van der Waals surface area contributed by atoms with Gasteiger partial charge < -0.3 is 29.6 Å². The predicted octanol–water partition coefficient (Wildman–Crippen LogP) is 3.28. The Bertz CT molecular complexity index is 1660. The first-order valence-corrected chi connectivity index (χ1v) is 15.7. The summed E-state index contributed by atoms with van der Waals surface area (Å²) in [5, 5.41) is 12.9. The number of benzene rings is 1. The second-order valence-corrected chi connectivity index (χ2v) is 12.7. The van der Waals surface area contributed by atoms with Crippen molar-refractivity contribution < 1.29 is 37.0 Å². The smallest absolute Gasteiger partial charge is 0.410 e. The van der Waals surface area contributed by atoms with Crippen molar-refractivity contribution in [1.82, 2.24) is 34.7 Å². The molecule has 1 aliphatic rings. The molecule has 1 aliphatic heterocycles. The third-order valence-corrected chi connectivity index (χ3v) is 7.16. The zero-order chi connectivity index (χ0) is 35.8. The number of carbonyl (C=O) groups excluding carboxylic acids is 3. The molecule has 1 fully saturated rings. The Balaban J connectivity index is 1.18. The number of alkyl halides is 3. The maximum atomic E-state index is 14.8. The number of anilines is 1. The van der Waals surface area contributed by atoms with Gasteiger partial charge in [0.1, 0.15) is 17.5 Å². The number of hydrogen-bond acceptors (Lipinski definition) is 9. The van der Waals surface area contributed by atoms with Crippen molar-refractivity contribution in [3.05, 3.63) is 70.4 Å². The van der Waals surface area contributed by atoms with Crippen LogP contribution in [0.4, 0.5) is 23.7 Å². The van der Waals surface area contributed by atoms with Crippen LogP contribution in [0.25, 0.3) is 0 Å². The molecule has 3 heterocycles. The molecule has 0 saturated carbocycles. The Morgan fingerprint density at radius 3 is 2.45 bits per heavy atom. The van der Waals surface area contributed by atoms with E-state index in [0.717, 1.165) is 0 Å². The lowest BCUT2D eigenvalue weighted by Gasteiger charge is -2.35. The highest BCUT2D eigenvalue weighted by molar-refractivity contribution is 5.92. The molecule has 2 aromatic heterocycles. The van der Waals surface area contributed by atoms with Gasteiger partial charge in [-0.1, -0.05) is 17.3 Å². The number of aromatic nitrogens is 4. The molecular weight excluding hydrogens is 649 g/mol. The summed E-state index contributed by atoms with van der Waals surface area (Å²) >= 11 is 0. The van der Waals surface area contributed by atoms with Crippen molar-refractivity contribution >= 4 is 23.6 Å². The van der Waals surface area contributed by atoms with Crippen LogP contribution in [0.2, 0.25) is 0 Å². The average Bonchev–Trinajstić information content (AvgIpc) is 3.47. The molecule has 3 amide bonds. The Kier molecular flexibility index (Phi) is 12.0. The lowest BCUT2D eigenvalue weighted by Crippen LogP contribution is -2.51. The topological polar surface area (TPSA) is 153 Å². The maximum Gasteiger partial charge on any atom is 0.410 e. The van der Waals surface area contributed by atoms with Crippen LogP contribution >= 0.6 is 0 Å². The van der Waals surface area contributed by atoms with E-state index in [9.17, 15) is 32.3 Å². The molecule has 266 valence electrons. The van der Waals surface area contributed by atoms with Gasteiger partial charge in [0.15, 0.2) is 5.69 Å². The Labute approximate surface area is 281 Å². The number of halogens is 3. The third kappa shape index (κ3) is 12.2. The van der Waals surface area contributed by atoms with E-state index < -0.39 is 29.3 Å². The van der Waals surface area contributed by atoms with Gasteiger partial charge in [0, 0.05) is 64.1 Å². The number of carbonyl (C=O) groups is 3. The lowest BCUT2D eigenvalue weighted by molar-refractivity contribution is -0.159. The minimum absolute atomic E-state index is 0.00974. The van der Waals surface area contributed by atoms with Crippen LogP contribution in [0.5, 0.6) is 5.75 Å². The zero-order valence-corrected chi connectivity index (χ0v) is 27.8. The first-order valence-electron chi connectivity index (χ1n) is 15.7. The summed E-state index contributed by atoms with van der Waals surface area (Å²) in [6.45, 7) is 7.84. The maximum absolute atomic E-state index is 14.8. The molecule has 17 heteroatoms. The van der Waals surface area contributed by atoms with Crippen LogP contribution in [0.1, 0.15) is 50.2 Å². The molecule has 0 aliphatic carbocycles.